The fourth-order valence-electron chi connectivity index (χ4n) is 1.73. The molecule has 0 fully saturated rings. The van der Waals surface area contributed by atoms with Gasteiger partial charge in [-0.25, -0.2) is 0 Å². The van der Waals surface area contributed by atoms with Gasteiger partial charge in [-0.15, -0.1) is 10.2 Å². The number of nitrogens with one attached hydrogen (secondary N) is 1. The van der Waals surface area contributed by atoms with Crippen LogP contribution in [0.3, 0.4) is 0 Å². The Kier molecular flexibility index (Phi) is 5.69. The highest BCUT2D eigenvalue weighted by molar-refractivity contribution is 8.02. The van der Waals surface area contributed by atoms with E-state index in [2.05, 4.69) is 46.7 Å². The largest absolute Gasteiger partial charge is 0.312 e. The first-order chi connectivity index (χ1) is 9.22. The fraction of sp³-hybridized carbons (Fsp3) is 0.385. The van der Waals surface area contributed by atoms with E-state index in [-0.39, 0.29) is 0 Å². The molecule has 0 radical (unpaired) electrons. The molecule has 0 bridgehead atoms. The molecule has 0 spiro atoms. The summed E-state index contributed by atoms with van der Waals surface area (Å²) in [5.41, 5.74) is 2.62. The van der Waals surface area contributed by atoms with Crippen LogP contribution in [0.15, 0.2) is 32.9 Å². The van der Waals surface area contributed by atoms with Crippen molar-refractivity contribution in [3.63, 3.8) is 0 Å². The summed E-state index contributed by atoms with van der Waals surface area (Å²) in [6.07, 6.45) is 2.03. The summed E-state index contributed by atoms with van der Waals surface area (Å²) in [5.74, 6) is 0.961. The smallest absolute Gasteiger partial charge is 0.175 e. The van der Waals surface area contributed by atoms with Crippen molar-refractivity contribution in [3.05, 3.63) is 35.4 Å². The minimum atomic E-state index is 0.339. The van der Waals surface area contributed by atoms with Crippen molar-refractivity contribution in [2.75, 3.05) is 19.1 Å². The van der Waals surface area contributed by atoms with Crippen LogP contribution in [0.4, 0.5) is 0 Å². The number of thioether (sulfide) groups is 2. The van der Waals surface area contributed by atoms with Crippen LogP contribution in [0, 0.1) is 6.92 Å². The number of rotatable bonds is 6. The summed E-state index contributed by atoms with van der Waals surface area (Å²) in [5, 5.41) is 11.7. The van der Waals surface area contributed by atoms with Crippen LogP contribution in [0.1, 0.15) is 17.2 Å². The van der Waals surface area contributed by atoms with Gasteiger partial charge in [0.2, 0.25) is 0 Å². The van der Waals surface area contributed by atoms with Gasteiger partial charge in [-0.3, -0.25) is 0 Å². The van der Waals surface area contributed by atoms with Crippen LogP contribution >= 0.6 is 34.9 Å². The van der Waals surface area contributed by atoms with E-state index in [1.807, 2.05) is 13.3 Å². The molecule has 102 valence electrons. The van der Waals surface area contributed by atoms with Gasteiger partial charge in [0, 0.05) is 11.8 Å². The second kappa shape index (κ2) is 7.28. The van der Waals surface area contributed by atoms with Crippen LogP contribution in [-0.2, 0) is 0 Å². The van der Waals surface area contributed by atoms with Crippen LogP contribution in [0.25, 0.3) is 0 Å². The fourth-order valence-corrected chi connectivity index (χ4v) is 4.33. The number of aromatic nitrogens is 2. The van der Waals surface area contributed by atoms with Crippen molar-refractivity contribution >= 4 is 34.9 Å². The molecule has 0 saturated heterocycles. The molecule has 0 aliphatic heterocycles. The van der Waals surface area contributed by atoms with Crippen molar-refractivity contribution < 1.29 is 0 Å². The molecular weight excluding hydrogens is 294 g/mol. The molecule has 0 saturated carbocycles. The Morgan fingerprint density at radius 1 is 1.32 bits per heavy atom. The Labute approximate surface area is 126 Å². The van der Waals surface area contributed by atoms with Crippen molar-refractivity contribution in [1.29, 1.82) is 0 Å². The Hall–Kier alpha value is -0.560. The van der Waals surface area contributed by atoms with E-state index in [9.17, 15) is 0 Å². The average molecular weight is 312 g/mol. The minimum absolute atomic E-state index is 0.339. The normalized spacial score (nSPS) is 12.6. The lowest BCUT2D eigenvalue weighted by atomic mass is 10.1. The lowest BCUT2D eigenvalue weighted by Crippen LogP contribution is -2.18. The van der Waals surface area contributed by atoms with E-state index < -0.39 is 0 Å². The summed E-state index contributed by atoms with van der Waals surface area (Å²) in [7, 11) is 2.00. The Balaban J connectivity index is 1.99. The maximum Gasteiger partial charge on any atom is 0.175 e. The molecule has 1 unspecified atom stereocenters. The van der Waals surface area contributed by atoms with E-state index in [1.165, 1.54) is 11.1 Å². The van der Waals surface area contributed by atoms with Gasteiger partial charge in [0.1, 0.15) is 0 Å². The summed E-state index contributed by atoms with van der Waals surface area (Å²) < 4.78 is 2.07. The topological polar surface area (TPSA) is 37.8 Å². The maximum atomic E-state index is 4.19. The molecule has 0 aliphatic rings. The SMILES string of the molecule is CNC(CSc1nnc(SC)s1)c1cccc(C)c1. The lowest BCUT2D eigenvalue weighted by Gasteiger charge is -2.15. The second-order valence-corrected chi connectivity index (χ2v) is 7.40. The summed E-state index contributed by atoms with van der Waals surface area (Å²) in [6.45, 7) is 2.12. The van der Waals surface area contributed by atoms with Gasteiger partial charge in [0.15, 0.2) is 8.68 Å². The van der Waals surface area contributed by atoms with Crippen molar-refractivity contribution in [2.45, 2.75) is 21.6 Å². The predicted molar refractivity (Wildman–Crippen MR) is 85.4 cm³/mol. The summed E-state index contributed by atoms with van der Waals surface area (Å²) in [4.78, 5) is 0. The maximum absolute atomic E-state index is 4.19. The molecule has 1 aromatic carbocycles. The molecule has 6 heteroatoms. The molecule has 1 N–H and O–H groups in total. The molecular formula is C13H17N3S3. The molecule has 0 aliphatic carbocycles. The molecule has 0 amide bonds. The number of aryl methyl sites for hydroxylation is 1. The minimum Gasteiger partial charge on any atom is -0.312 e. The van der Waals surface area contributed by atoms with E-state index in [1.54, 1.807) is 34.9 Å². The zero-order chi connectivity index (χ0) is 13.7. The molecule has 1 atom stereocenters. The van der Waals surface area contributed by atoms with Gasteiger partial charge in [0.25, 0.3) is 0 Å². The highest BCUT2D eigenvalue weighted by atomic mass is 32.2. The molecule has 2 rings (SSSR count). The summed E-state index contributed by atoms with van der Waals surface area (Å²) in [6, 6.07) is 8.97. The number of nitrogens with zero attached hydrogens (tertiary/aromatic N) is 2. The lowest BCUT2D eigenvalue weighted by molar-refractivity contribution is 0.661. The van der Waals surface area contributed by atoms with Crippen LogP contribution < -0.4 is 5.32 Å². The highest BCUT2D eigenvalue weighted by Crippen LogP contribution is 2.30. The first-order valence-electron chi connectivity index (χ1n) is 5.97. The van der Waals surface area contributed by atoms with E-state index >= 15 is 0 Å². The van der Waals surface area contributed by atoms with Crippen molar-refractivity contribution in [2.24, 2.45) is 0 Å². The number of benzene rings is 1. The third-order valence-electron chi connectivity index (χ3n) is 2.73. The zero-order valence-corrected chi connectivity index (χ0v) is 13.7. The molecule has 1 heterocycles. The first-order valence-corrected chi connectivity index (χ1v) is 8.99. The van der Waals surface area contributed by atoms with Crippen LogP contribution in [0.2, 0.25) is 0 Å². The quantitative estimate of drug-likeness (QED) is 0.825. The molecule has 19 heavy (non-hydrogen) atoms. The highest BCUT2D eigenvalue weighted by Gasteiger charge is 2.12. The third-order valence-corrected chi connectivity index (χ3v) is 5.85. The van der Waals surface area contributed by atoms with Gasteiger partial charge in [-0.2, -0.15) is 0 Å². The Morgan fingerprint density at radius 3 is 2.74 bits per heavy atom. The monoisotopic (exact) mass is 311 g/mol. The Bertz CT molecular complexity index is 527. The zero-order valence-electron chi connectivity index (χ0n) is 11.2. The van der Waals surface area contributed by atoms with Gasteiger partial charge >= 0.3 is 0 Å². The molecule has 1 aromatic heterocycles. The van der Waals surface area contributed by atoms with Crippen LogP contribution in [-0.4, -0.2) is 29.3 Å². The second-order valence-electron chi connectivity index (χ2n) is 4.10. The van der Waals surface area contributed by atoms with Gasteiger partial charge in [-0.05, 0) is 25.8 Å². The van der Waals surface area contributed by atoms with E-state index in [4.69, 9.17) is 0 Å². The average Bonchev–Trinajstić information content (AvgIpc) is 2.87. The predicted octanol–water partition coefficient (Wildman–Crippen LogP) is 3.62. The van der Waals surface area contributed by atoms with E-state index in [0.717, 1.165) is 14.4 Å². The number of hydrogen-bond donors (Lipinski definition) is 1. The third kappa shape index (κ3) is 4.21. The van der Waals surface area contributed by atoms with Crippen molar-refractivity contribution in [1.82, 2.24) is 15.5 Å². The standard InChI is InChI=1S/C13H17N3S3/c1-9-5-4-6-10(7-9)11(14-2)8-18-13-16-15-12(17-3)19-13/h4-7,11,14H,8H2,1-3H3. The number of hydrogen-bond acceptors (Lipinski definition) is 6. The first kappa shape index (κ1) is 14.8. The van der Waals surface area contributed by atoms with E-state index in [0.29, 0.717) is 6.04 Å². The van der Waals surface area contributed by atoms with Gasteiger partial charge < -0.3 is 5.32 Å². The van der Waals surface area contributed by atoms with Gasteiger partial charge in [-0.1, -0.05) is 64.7 Å². The molecule has 3 nitrogen and oxygen atoms in total. The van der Waals surface area contributed by atoms with Gasteiger partial charge in [0.05, 0.1) is 0 Å². The van der Waals surface area contributed by atoms with Crippen molar-refractivity contribution in [3.8, 4) is 0 Å². The Morgan fingerprint density at radius 2 is 2.11 bits per heavy atom. The molecule has 2 aromatic rings. The van der Waals surface area contributed by atoms with Crippen LogP contribution in [0.5, 0.6) is 0 Å². The summed E-state index contributed by atoms with van der Waals surface area (Å²) >= 11 is 5.06.